The Labute approximate surface area is 159 Å². The molecule has 0 saturated carbocycles. The van der Waals surface area contributed by atoms with Crippen LogP contribution < -0.4 is 18.9 Å². The topological polar surface area (TPSA) is 57.2 Å². The zero-order valence-corrected chi connectivity index (χ0v) is 16.4. The molecule has 1 aliphatic heterocycles. The van der Waals surface area contributed by atoms with Crippen molar-refractivity contribution in [2.75, 3.05) is 35.0 Å². The van der Waals surface area contributed by atoms with E-state index in [-0.39, 0.29) is 11.9 Å². The van der Waals surface area contributed by atoms with Gasteiger partial charge in [-0.15, -0.1) is 0 Å². The second-order valence-electron chi connectivity index (χ2n) is 6.38. The summed E-state index contributed by atoms with van der Waals surface area (Å²) in [6, 6.07) is 9.28. The maximum absolute atomic E-state index is 12.4. The lowest BCUT2D eigenvalue weighted by atomic mass is 9.87. The minimum Gasteiger partial charge on any atom is -0.497 e. The number of carbonyl (C=O) groups is 1. The van der Waals surface area contributed by atoms with Crippen molar-refractivity contribution in [2.24, 2.45) is 0 Å². The first-order chi connectivity index (χ1) is 13.0. The Hall–Kier alpha value is -2.89. The summed E-state index contributed by atoms with van der Waals surface area (Å²) in [4.78, 5) is 14.3. The number of fused-ring (bicyclic) bond motifs is 1. The van der Waals surface area contributed by atoms with Crippen molar-refractivity contribution in [3.8, 4) is 23.0 Å². The number of hydrogen-bond acceptors (Lipinski definition) is 5. The highest BCUT2D eigenvalue weighted by Crippen LogP contribution is 2.44. The van der Waals surface area contributed by atoms with Gasteiger partial charge in [-0.2, -0.15) is 0 Å². The molecule has 1 amide bonds. The first-order valence-corrected chi connectivity index (χ1v) is 8.78. The molecule has 0 saturated heterocycles. The van der Waals surface area contributed by atoms with Crippen LogP contribution in [0.15, 0.2) is 30.3 Å². The molecule has 1 aliphatic rings. The van der Waals surface area contributed by atoms with Gasteiger partial charge < -0.3 is 23.8 Å². The van der Waals surface area contributed by atoms with Gasteiger partial charge in [0.25, 0.3) is 0 Å². The summed E-state index contributed by atoms with van der Waals surface area (Å²) in [7, 11) is 6.48. The van der Waals surface area contributed by atoms with Gasteiger partial charge in [0.1, 0.15) is 11.5 Å². The number of methoxy groups -OCH3 is 4. The molecule has 2 aromatic rings. The van der Waals surface area contributed by atoms with Crippen LogP contribution in [0.3, 0.4) is 0 Å². The molecule has 2 aromatic carbocycles. The Morgan fingerprint density at radius 1 is 0.889 bits per heavy atom. The summed E-state index contributed by atoms with van der Waals surface area (Å²) < 4.78 is 21.9. The Bertz CT molecular complexity index is 849. The Balaban J connectivity index is 2.24. The van der Waals surface area contributed by atoms with Crippen LogP contribution in [0, 0.1) is 0 Å². The summed E-state index contributed by atoms with van der Waals surface area (Å²) in [5.74, 6) is 2.74. The van der Waals surface area contributed by atoms with Crippen LogP contribution >= 0.6 is 0 Å². The van der Waals surface area contributed by atoms with E-state index in [9.17, 15) is 4.79 Å². The molecule has 27 heavy (non-hydrogen) atoms. The second-order valence-corrected chi connectivity index (χ2v) is 6.38. The maximum Gasteiger partial charge on any atom is 0.220 e. The van der Waals surface area contributed by atoms with Gasteiger partial charge in [-0.1, -0.05) is 0 Å². The predicted octanol–water partition coefficient (Wildman–Crippen LogP) is 3.22. The number of benzene rings is 2. The van der Waals surface area contributed by atoms with Crippen LogP contribution in [-0.4, -0.2) is 45.8 Å². The van der Waals surface area contributed by atoms with E-state index >= 15 is 0 Å². The van der Waals surface area contributed by atoms with E-state index in [0.717, 1.165) is 23.1 Å². The van der Waals surface area contributed by atoms with Crippen LogP contribution in [0.25, 0.3) is 0 Å². The largest absolute Gasteiger partial charge is 0.497 e. The molecule has 0 aliphatic carbocycles. The molecular formula is C21H25NO5. The van der Waals surface area contributed by atoms with E-state index in [1.54, 1.807) is 35.4 Å². The number of carbonyl (C=O) groups excluding carboxylic acids is 1. The fourth-order valence-electron chi connectivity index (χ4n) is 3.67. The van der Waals surface area contributed by atoms with E-state index < -0.39 is 0 Å². The van der Waals surface area contributed by atoms with Crippen molar-refractivity contribution in [1.82, 2.24) is 4.90 Å². The number of amides is 1. The molecule has 0 fully saturated rings. The standard InChI is InChI=1S/C21H25NO5/c1-13(23)22-9-8-14-10-19(26-4)20(27-5)12-16(14)21(22)17-11-15(24-2)6-7-18(17)25-3/h6-7,10-12,21H,8-9H2,1-5H3. The van der Waals surface area contributed by atoms with Gasteiger partial charge in [0.05, 0.1) is 34.5 Å². The summed E-state index contributed by atoms with van der Waals surface area (Å²) in [6.07, 6.45) is 0.748. The number of nitrogens with zero attached hydrogens (tertiary/aromatic N) is 1. The molecule has 0 aromatic heterocycles. The third kappa shape index (κ3) is 3.39. The molecule has 0 spiro atoms. The second kappa shape index (κ2) is 7.78. The minimum absolute atomic E-state index is 0.00491. The lowest BCUT2D eigenvalue weighted by Gasteiger charge is -2.38. The predicted molar refractivity (Wildman–Crippen MR) is 102 cm³/mol. The quantitative estimate of drug-likeness (QED) is 0.808. The highest BCUT2D eigenvalue weighted by atomic mass is 16.5. The van der Waals surface area contributed by atoms with Gasteiger partial charge in [0.15, 0.2) is 11.5 Å². The normalized spacial score (nSPS) is 15.7. The lowest BCUT2D eigenvalue weighted by molar-refractivity contribution is -0.130. The minimum atomic E-state index is -0.295. The van der Waals surface area contributed by atoms with E-state index in [2.05, 4.69) is 0 Å². The van der Waals surface area contributed by atoms with Crippen molar-refractivity contribution in [1.29, 1.82) is 0 Å². The summed E-state index contributed by atoms with van der Waals surface area (Å²) in [5.41, 5.74) is 3.00. The fraction of sp³-hybridized carbons (Fsp3) is 0.381. The van der Waals surface area contributed by atoms with Gasteiger partial charge in [-0.3, -0.25) is 4.79 Å². The third-order valence-electron chi connectivity index (χ3n) is 5.01. The van der Waals surface area contributed by atoms with Gasteiger partial charge >= 0.3 is 0 Å². The summed E-state index contributed by atoms with van der Waals surface area (Å²) in [5, 5.41) is 0. The zero-order valence-electron chi connectivity index (χ0n) is 16.4. The van der Waals surface area contributed by atoms with Gasteiger partial charge in [0.2, 0.25) is 5.91 Å². The Morgan fingerprint density at radius 3 is 2.15 bits per heavy atom. The molecule has 1 unspecified atom stereocenters. The average molecular weight is 371 g/mol. The molecule has 6 heteroatoms. The van der Waals surface area contributed by atoms with Crippen LogP contribution in [-0.2, 0) is 11.2 Å². The number of hydrogen-bond donors (Lipinski definition) is 0. The summed E-state index contributed by atoms with van der Waals surface area (Å²) in [6.45, 7) is 2.20. The Morgan fingerprint density at radius 2 is 1.56 bits per heavy atom. The average Bonchev–Trinajstić information content (AvgIpc) is 2.70. The molecule has 3 rings (SSSR count). The van der Waals surface area contributed by atoms with Crippen molar-refractivity contribution in [3.05, 3.63) is 47.0 Å². The molecular weight excluding hydrogens is 346 g/mol. The van der Waals surface area contributed by atoms with Crippen molar-refractivity contribution < 1.29 is 23.7 Å². The van der Waals surface area contributed by atoms with Crippen LogP contribution in [0.2, 0.25) is 0 Å². The fourth-order valence-corrected chi connectivity index (χ4v) is 3.67. The highest BCUT2D eigenvalue weighted by molar-refractivity contribution is 5.75. The van der Waals surface area contributed by atoms with E-state index in [0.29, 0.717) is 29.5 Å². The molecule has 1 atom stereocenters. The van der Waals surface area contributed by atoms with Crippen LogP contribution in [0.1, 0.15) is 29.7 Å². The monoisotopic (exact) mass is 371 g/mol. The van der Waals surface area contributed by atoms with Crippen molar-refractivity contribution in [3.63, 3.8) is 0 Å². The lowest BCUT2D eigenvalue weighted by Crippen LogP contribution is -2.39. The van der Waals surface area contributed by atoms with Crippen molar-refractivity contribution >= 4 is 5.91 Å². The summed E-state index contributed by atoms with van der Waals surface area (Å²) >= 11 is 0. The smallest absolute Gasteiger partial charge is 0.220 e. The first-order valence-electron chi connectivity index (χ1n) is 8.78. The van der Waals surface area contributed by atoms with Gasteiger partial charge in [-0.05, 0) is 47.9 Å². The SMILES string of the molecule is COc1ccc(OC)c(C2c3cc(OC)c(OC)cc3CCN2C(C)=O)c1. The van der Waals surface area contributed by atoms with E-state index in [4.69, 9.17) is 18.9 Å². The molecule has 1 heterocycles. The number of rotatable bonds is 5. The van der Waals surface area contributed by atoms with E-state index in [1.807, 2.05) is 35.2 Å². The van der Waals surface area contributed by atoms with Crippen molar-refractivity contribution in [2.45, 2.75) is 19.4 Å². The molecule has 0 N–H and O–H groups in total. The molecule has 6 nitrogen and oxygen atoms in total. The molecule has 144 valence electrons. The first kappa shape index (κ1) is 18.9. The Kier molecular flexibility index (Phi) is 5.44. The van der Waals surface area contributed by atoms with Crippen LogP contribution in [0.4, 0.5) is 0 Å². The molecule has 0 radical (unpaired) electrons. The van der Waals surface area contributed by atoms with E-state index in [1.165, 1.54) is 0 Å². The van der Waals surface area contributed by atoms with Gasteiger partial charge in [0, 0.05) is 19.0 Å². The maximum atomic E-state index is 12.4. The number of ether oxygens (including phenoxy) is 4. The third-order valence-corrected chi connectivity index (χ3v) is 5.01. The molecule has 0 bridgehead atoms. The highest BCUT2D eigenvalue weighted by Gasteiger charge is 2.34. The van der Waals surface area contributed by atoms with Gasteiger partial charge in [-0.25, -0.2) is 0 Å². The van der Waals surface area contributed by atoms with Crippen LogP contribution in [0.5, 0.6) is 23.0 Å². The zero-order chi connectivity index (χ0) is 19.6.